The summed E-state index contributed by atoms with van der Waals surface area (Å²) < 4.78 is 1.92. The lowest BCUT2D eigenvalue weighted by Gasteiger charge is -2.35. The molecule has 0 unspecified atom stereocenters. The molecule has 0 aliphatic carbocycles. The van der Waals surface area contributed by atoms with E-state index in [1.54, 1.807) is 18.5 Å². The molecule has 0 saturated carbocycles. The standard InChI is InChI=1S/C21H23N7/c1-16-19(14-25-26(16)2)15-27-8-10-28(11-9-27)21-20(23-6-7-24-21)18-5-3-4-17(12-18)13-22/h3-7,12,14H,8-11,15H2,1-2H3. The predicted octanol–water partition coefficient (Wildman–Crippen LogP) is 2.38. The third-order valence-corrected chi connectivity index (χ3v) is 5.35. The molecule has 4 rings (SSSR count). The molecule has 0 spiro atoms. The number of nitrogens with zero attached hydrogens (tertiary/aromatic N) is 7. The Labute approximate surface area is 164 Å². The summed E-state index contributed by atoms with van der Waals surface area (Å²) in [6, 6.07) is 9.74. The zero-order chi connectivity index (χ0) is 19.5. The Morgan fingerprint density at radius 1 is 1.11 bits per heavy atom. The molecule has 3 aromatic rings. The van der Waals surface area contributed by atoms with E-state index in [9.17, 15) is 5.26 Å². The molecule has 0 radical (unpaired) electrons. The Hall–Kier alpha value is -3.24. The van der Waals surface area contributed by atoms with E-state index < -0.39 is 0 Å². The molecule has 0 N–H and O–H groups in total. The number of rotatable bonds is 4. The quantitative estimate of drug-likeness (QED) is 0.699. The topological polar surface area (TPSA) is 73.9 Å². The van der Waals surface area contributed by atoms with E-state index in [2.05, 4.69) is 37.9 Å². The van der Waals surface area contributed by atoms with E-state index in [4.69, 9.17) is 0 Å². The Morgan fingerprint density at radius 3 is 2.61 bits per heavy atom. The second kappa shape index (κ2) is 7.79. The van der Waals surface area contributed by atoms with Crippen molar-refractivity contribution in [1.82, 2.24) is 24.6 Å². The van der Waals surface area contributed by atoms with Gasteiger partial charge in [-0.1, -0.05) is 12.1 Å². The molecule has 7 nitrogen and oxygen atoms in total. The molecule has 1 fully saturated rings. The first-order valence-corrected chi connectivity index (χ1v) is 9.42. The summed E-state index contributed by atoms with van der Waals surface area (Å²) in [6.07, 6.45) is 5.41. The largest absolute Gasteiger partial charge is 0.352 e. The molecule has 1 saturated heterocycles. The van der Waals surface area contributed by atoms with Crippen LogP contribution < -0.4 is 4.90 Å². The minimum absolute atomic E-state index is 0.630. The molecule has 0 amide bonds. The van der Waals surface area contributed by atoms with Gasteiger partial charge in [-0.2, -0.15) is 10.4 Å². The van der Waals surface area contributed by atoms with Crippen LogP contribution in [0.15, 0.2) is 42.9 Å². The third kappa shape index (κ3) is 3.59. The van der Waals surface area contributed by atoms with Gasteiger partial charge in [0.25, 0.3) is 0 Å². The first kappa shape index (κ1) is 18.1. The lowest BCUT2D eigenvalue weighted by molar-refractivity contribution is 0.249. The van der Waals surface area contributed by atoms with Crippen LogP contribution in [0.2, 0.25) is 0 Å². The zero-order valence-electron chi connectivity index (χ0n) is 16.2. The fourth-order valence-electron chi connectivity index (χ4n) is 3.56. The minimum atomic E-state index is 0.630. The molecule has 7 heteroatoms. The van der Waals surface area contributed by atoms with Gasteiger partial charge in [0, 0.05) is 69.0 Å². The van der Waals surface area contributed by atoms with Crippen LogP contribution in [0.1, 0.15) is 16.8 Å². The monoisotopic (exact) mass is 373 g/mol. The highest BCUT2D eigenvalue weighted by Crippen LogP contribution is 2.28. The highest BCUT2D eigenvalue weighted by Gasteiger charge is 2.22. The summed E-state index contributed by atoms with van der Waals surface area (Å²) in [4.78, 5) is 13.9. The van der Waals surface area contributed by atoms with Gasteiger partial charge < -0.3 is 4.90 Å². The Kier molecular flexibility index (Phi) is 5.04. The molecule has 1 aliphatic rings. The van der Waals surface area contributed by atoms with Crippen molar-refractivity contribution in [2.75, 3.05) is 31.1 Å². The van der Waals surface area contributed by atoms with Crippen LogP contribution in [0.3, 0.4) is 0 Å². The summed E-state index contributed by atoms with van der Waals surface area (Å²) in [5, 5.41) is 13.5. The molecule has 1 aliphatic heterocycles. The first-order chi connectivity index (χ1) is 13.7. The molecule has 0 atom stereocenters. The molecular formula is C21H23N7. The van der Waals surface area contributed by atoms with E-state index in [1.165, 1.54) is 11.3 Å². The number of aromatic nitrogens is 4. The van der Waals surface area contributed by atoms with Crippen LogP contribution in [0, 0.1) is 18.3 Å². The van der Waals surface area contributed by atoms with Crippen molar-refractivity contribution >= 4 is 5.82 Å². The summed E-state index contributed by atoms with van der Waals surface area (Å²) in [5.74, 6) is 0.884. The fraction of sp³-hybridized carbons (Fsp3) is 0.333. The number of nitriles is 1. The van der Waals surface area contributed by atoms with Crippen molar-refractivity contribution in [3.05, 3.63) is 59.7 Å². The van der Waals surface area contributed by atoms with Gasteiger partial charge in [-0.25, -0.2) is 4.98 Å². The number of hydrogen-bond acceptors (Lipinski definition) is 6. The maximum atomic E-state index is 9.19. The molecule has 0 bridgehead atoms. The molecular weight excluding hydrogens is 350 g/mol. The average Bonchev–Trinajstić information content (AvgIpc) is 3.06. The van der Waals surface area contributed by atoms with Crippen LogP contribution in [-0.4, -0.2) is 50.8 Å². The lowest BCUT2D eigenvalue weighted by atomic mass is 10.1. The maximum Gasteiger partial charge on any atom is 0.155 e. The van der Waals surface area contributed by atoms with E-state index in [0.29, 0.717) is 5.56 Å². The number of aryl methyl sites for hydroxylation is 1. The van der Waals surface area contributed by atoms with Crippen LogP contribution in [-0.2, 0) is 13.6 Å². The van der Waals surface area contributed by atoms with Crippen molar-refractivity contribution in [1.29, 1.82) is 5.26 Å². The number of benzene rings is 1. The van der Waals surface area contributed by atoms with E-state index in [0.717, 1.165) is 49.8 Å². The van der Waals surface area contributed by atoms with Crippen molar-refractivity contribution in [3.63, 3.8) is 0 Å². The smallest absolute Gasteiger partial charge is 0.155 e. The van der Waals surface area contributed by atoms with Gasteiger partial charge in [0.2, 0.25) is 0 Å². The van der Waals surface area contributed by atoms with Crippen molar-refractivity contribution < 1.29 is 0 Å². The van der Waals surface area contributed by atoms with Gasteiger partial charge in [0.05, 0.1) is 17.8 Å². The van der Waals surface area contributed by atoms with Gasteiger partial charge in [-0.15, -0.1) is 0 Å². The Balaban J connectivity index is 1.49. The second-order valence-corrected chi connectivity index (χ2v) is 7.06. The van der Waals surface area contributed by atoms with Gasteiger partial charge >= 0.3 is 0 Å². The molecule has 28 heavy (non-hydrogen) atoms. The first-order valence-electron chi connectivity index (χ1n) is 9.42. The maximum absolute atomic E-state index is 9.19. The minimum Gasteiger partial charge on any atom is -0.352 e. The van der Waals surface area contributed by atoms with Crippen LogP contribution >= 0.6 is 0 Å². The number of anilines is 1. The van der Waals surface area contributed by atoms with E-state index in [1.807, 2.05) is 36.1 Å². The highest BCUT2D eigenvalue weighted by molar-refractivity contribution is 5.73. The van der Waals surface area contributed by atoms with Crippen molar-refractivity contribution in [2.45, 2.75) is 13.5 Å². The summed E-state index contributed by atoms with van der Waals surface area (Å²) >= 11 is 0. The summed E-state index contributed by atoms with van der Waals surface area (Å²) in [7, 11) is 1.98. The SMILES string of the molecule is Cc1c(CN2CCN(c3nccnc3-c3cccc(C#N)c3)CC2)cnn1C. The van der Waals surface area contributed by atoms with E-state index in [-0.39, 0.29) is 0 Å². The second-order valence-electron chi connectivity index (χ2n) is 7.06. The molecule has 3 heterocycles. The van der Waals surface area contributed by atoms with Gasteiger partial charge in [0.1, 0.15) is 5.69 Å². The van der Waals surface area contributed by atoms with Gasteiger partial charge in [-0.05, 0) is 19.1 Å². The normalized spacial score (nSPS) is 14.8. The number of hydrogen-bond donors (Lipinski definition) is 0. The summed E-state index contributed by atoms with van der Waals surface area (Å²) in [6.45, 7) is 6.74. The highest BCUT2D eigenvalue weighted by atomic mass is 15.3. The van der Waals surface area contributed by atoms with Gasteiger partial charge in [-0.3, -0.25) is 14.6 Å². The van der Waals surface area contributed by atoms with Crippen molar-refractivity contribution in [2.24, 2.45) is 7.05 Å². The summed E-state index contributed by atoms with van der Waals surface area (Å²) in [5.41, 5.74) is 4.89. The van der Waals surface area contributed by atoms with Crippen LogP contribution in [0.5, 0.6) is 0 Å². The molecule has 1 aromatic carbocycles. The Morgan fingerprint density at radius 2 is 1.89 bits per heavy atom. The van der Waals surface area contributed by atoms with Crippen molar-refractivity contribution in [3.8, 4) is 17.3 Å². The molecule has 142 valence electrons. The van der Waals surface area contributed by atoms with Gasteiger partial charge in [0.15, 0.2) is 5.82 Å². The fourth-order valence-corrected chi connectivity index (χ4v) is 3.56. The predicted molar refractivity (Wildman–Crippen MR) is 108 cm³/mol. The third-order valence-electron chi connectivity index (χ3n) is 5.35. The van der Waals surface area contributed by atoms with E-state index >= 15 is 0 Å². The zero-order valence-corrected chi connectivity index (χ0v) is 16.2. The van der Waals surface area contributed by atoms with Crippen LogP contribution in [0.4, 0.5) is 5.82 Å². The average molecular weight is 373 g/mol. The number of piperazine rings is 1. The molecule has 2 aromatic heterocycles. The van der Waals surface area contributed by atoms with Crippen LogP contribution in [0.25, 0.3) is 11.3 Å². The lowest BCUT2D eigenvalue weighted by Crippen LogP contribution is -2.46. The Bertz CT molecular complexity index is 1010.